The molecule has 0 radical (unpaired) electrons. The minimum atomic E-state index is -3.50. The molecule has 1 aromatic heterocycles. The molecule has 0 amide bonds. The summed E-state index contributed by atoms with van der Waals surface area (Å²) in [5.74, 6) is 1.10. The molecule has 6 nitrogen and oxygen atoms in total. The maximum atomic E-state index is 12.0. The highest BCUT2D eigenvalue weighted by molar-refractivity contribution is 7.89. The zero-order valence-corrected chi connectivity index (χ0v) is 13.9. The molecule has 0 aliphatic heterocycles. The normalized spacial score (nSPS) is 11.8. The lowest BCUT2D eigenvalue weighted by Crippen LogP contribution is -2.25. The summed E-state index contributed by atoms with van der Waals surface area (Å²) in [6.07, 6.45) is 6.61. The first kappa shape index (κ1) is 17.8. The second kappa shape index (κ2) is 8.94. The molecule has 0 aliphatic rings. The molecule has 0 bridgehead atoms. The van der Waals surface area contributed by atoms with Crippen LogP contribution >= 0.6 is 0 Å². The van der Waals surface area contributed by atoms with Gasteiger partial charge in [0.15, 0.2) is 0 Å². The van der Waals surface area contributed by atoms with E-state index in [1.54, 1.807) is 0 Å². The third-order valence-electron chi connectivity index (χ3n) is 2.97. The van der Waals surface area contributed by atoms with E-state index < -0.39 is 10.0 Å². The van der Waals surface area contributed by atoms with Gasteiger partial charge in [-0.05, 0) is 18.8 Å². The van der Waals surface area contributed by atoms with Crippen LogP contribution in [0.15, 0.2) is 17.3 Å². The highest BCUT2D eigenvalue weighted by atomic mass is 32.2. The van der Waals surface area contributed by atoms with Crippen molar-refractivity contribution in [2.75, 3.05) is 18.4 Å². The van der Waals surface area contributed by atoms with Crippen LogP contribution in [0.5, 0.6) is 0 Å². The summed E-state index contributed by atoms with van der Waals surface area (Å²) in [7, 11) is -3.50. The van der Waals surface area contributed by atoms with E-state index in [4.69, 9.17) is 0 Å². The monoisotopic (exact) mass is 314 g/mol. The molecule has 0 spiro atoms. The number of nitrogens with zero attached hydrogens (tertiary/aromatic N) is 2. The van der Waals surface area contributed by atoms with E-state index in [2.05, 4.69) is 33.9 Å². The van der Waals surface area contributed by atoms with E-state index in [-0.39, 0.29) is 4.90 Å². The Hall–Kier alpha value is -1.21. The Balaban J connectivity index is 2.46. The van der Waals surface area contributed by atoms with E-state index in [0.717, 1.165) is 32.2 Å². The third-order valence-corrected chi connectivity index (χ3v) is 4.39. The first-order valence-electron chi connectivity index (χ1n) is 7.51. The fourth-order valence-electron chi connectivity index (χ4n) is 1.75. The summed E-state index contributed by atoms with van der Waals surface area (Å²) in [5, 5.41) is 3.01. The van der Waals surface area contributed by atoms with Crippen LogP contribution in [0, 0.1) is 5.92 Å². The summed E-state index contributed by atoms with van der Waals surface area (Å²) >= 11 is 0. The van der Waals surface area contributed by atoms with Crippen molar-refractivity contribution >= 4 is 16.0 Å². The number of sulfonamides is 1. The fourth-order valence-corrected chi connectivity index (χ4v) is 2.71. The Morgan fingerprint density at radius 2 is 1.81 bits per heavy atom. The second-order valence-corrected chi connectivity index (χ2v) is 7.22. The van der Waals surface area contributed by atoms with Gasteiger partial charge in [0, 0.05) is 13.1 Å². The third kappa shape index (κ3) is 6.86. The lowest BCUT2D eigenvalue weighted by molar-refractivity contribution is 0.530. The van der Waals surface area contributed by atoms with Crippen molar-refractivity contribution in [3.63, 3.8) is 0 Å². The Morgan fingerprint density at radius 1 is 1.14 bits per heavy atom. The fraction of sp³-hybridized carbons (Fsp3) is 0.714. The van der Waals surface area contributed by atoms with E-state index in [0.29, 0.717) is 18.4 Å². The molecule has 1 rings (SSSR count). The van der Waals surface area contributed by atoms with Crippen LogP contribution in [0.4, 0.5) is 5.95 Å². The second-order valence-electron chi connectivity index (χ2n) is 5.46. The van der Waals surface area contributed by atoms with Gasteiger partial charge in [-0.1, -0.05) is 33.6 Å². The first-order chi connectivity index (χ1) is 9.95. The number of hydrogen-bond donors (Lipinski definition) is 2. The predicted octanol–water partition coefficient (Wildman–Crippen LogP) is 2.40. The zero-order chi connectivity index (χ0) is 15.7. The minimum Gasteiger partial charge on any atom is -0.354 e. The van der Waals surface area contributed by atoms with Crippen LogP contribution in [-0.4, -0.2) is 31.5 Å². The molecule has 1 heterocycles. The summed E-state index contributed by atoms with van der Waals surface area (Å²) < 4.78 is 26.7. The smallest absolute Gasteiger partial charge is 0.243 e. The van der Waals surface area contributed by atoms with Crippen LogP contribution in [0.3, 0.4) is 0 Å². The van der Waals surface area contributed by atoms with E-state index in [1.165, 1.54) is 12.4 Å². The van der Waals surface area contributed by atoms with E-state index in [9.17, 15) is 8.42 Å². The summed E-state index contributed by atoms with van der Waals surface area (Å²) in [4.78, 5) is 8.12. The van der Waals surface area contributed by atoms with Crippen molar-refractivity contribution in [3.05, 3.63) is 12.4 Å². The van der Waals surface area contributed by atoms with Crippen molar-refractivity contribution in [2.45, 2.75) is 51.3 Å². The molecule has 0 unspecified atom stereocenters. The summed E-state index contributed by atoms with van der Waals surface area (Å²) in [5.41, 5.74) is 0. The average Bonchev–Trinajstić information content (AvgIpc) is 2.44. The van der Waals surface area contributed by atoms with Gasteiger partial charge in [0.1, 0.15) is 4.90 Å². The van der Waals surface area contributed by atoms with Crippen molar-refractivity contribution in [2.24, 2.45) is 5.92 Å². The topological polar surface area (TPSA) is 84.0 Å². The molecule has 0 fully saturated rings. The van der Waals surface area contributed by atoms with Gasteiger partial charge in [-0.25, -0.2) is 23.1 Å². The molecule has 2 N–H and O–H groups in total. The molecule has 7 heteroatoms. The SMILES string of the molecule is CCCNc1ncc(S(=O)(=O)NCCCCC(C)C)cn1. The number of aromatic nitrogens is 2. The standard InChI is InChI=1S/C14H26N4O2S/c1-4-8-15-14-16-10-13(11-17-14)21(19,20)18-9-6-5-7-12(2)3/h10-12,18H,4-9H2,1-3H3,(H,15,16,17). The van der Waals surface area contributed by atoms with Crippen LogP contribution in [-0.2, 0) is 10.0 Å². The number of unbranched alkanes of at least 4 members (excludes halogenated alkanes) is 1. The van der Waals surface area contributed by atoms with Crippen molar-refractivity contribution in [3.8, 4) is 0 Å². The largest absolute Gasteiger partial charge is 0.354 e. The molecular weight excluding hydrogens is 288 g/mol. The minimum absolute atomic E-state index is 0.105. The van der Waals surface area contributed by atoms with Gasteiger partial charge >= 0.3 is 0 Å². The van der Waals surface area contributed by atoms with E-state index in [1.807, 2.05) is 6.92 Å². The molecule has 0 aliphatic carbocycles. The van der Waals surface area contributed by atoms with Gasteiger partial charge in [0.25, 0.3) is 0 Å². The van der Waals surface area contributed by atoms with Gasteiger partial charge < -0.3 is 5.32 Å². The Labute approximate surface area is 127 Å². The van der Waals surface area contributed by atoms with Crippen LogP contribution in [0.2, 0.25) is 0 Å². The van der Waals surface area contributed by atoms with Crippen LogP contribution < -0.4 is 10.0 Å². The van der Waals surface area contributed by atoms with Gasteiger partial charge in [-0.3, -0.25) is 0 Å². The number of hydrogen-bond acceptors (Lipinski definition) is 5. The molecule has 0 aromatic carbocycles. The molecule has 120 valence electrons. The maximum absolute atomic E-state index is 12.0. The summed E-state index contributed by atoms with van der Waals surface area (Å²) in [6, 6.07) is 0. The number of anilines is 1. The van der Waals surface area contributed by atoms with Gasteiger partial charge in [0.2, 0.25) is 16.0 Å². The summed E-state index contributed by atoms with van der Waals surface area (Å²) in [6.45, 7) is 7.57. The number of nitrogens with one attached hydrogen (secondary N) is 2. The van der Waals surface area contributed by atoms with Crippen LogP contribution in [0.25, 0.3) is 0 Å². The molecule has 0 saturated carbocycles. The van der Waals surface area contributed by atoms with Gasteiger partial charge in [0.05, 0.1) is 12.4 Å². The molecule has 0 saturated heterocycles. The highest BCUT2D eigenvalue weighted by Crippen LogP contribution is 2.09. The maximum Gasteiger partial charge on any atom is 0.243 e. The molecular formula is C14H26N4O2S. The van der Waals surface area contributed by atoms with Gasteiger partial charge in [-0.15, -0.1) is 0 Å². The predicted molar refractivity (Wildman–Crippen MR) is 84.7 cm³/mol. The molecule has 0 atom stereocenters. The first-order valence-corrected chi connectivity index (χ1v) is 8.99. The molecule has 1 aromatic rings. The Morgan fingerprint density at radius 3 is 2.38 bits per heavy atom. The van der Waals surface area contributed by atoms with Gasteiger partial charge in [-0.2, -0.15) is 0 Å². The lowest BCUT2D eigenvalue weighted by atomic mass is 10.1. The lowest BCUT2D eigenvalue weighted by Gasteiger charge is -2.08. The highest BCUT2D eigenvalue weighted by Gasteiger charge is 2.14. The van der Waals surface area contributed by atoms with Crippen molar-refractivity contribution < 1.29 is 8.42 Å². The Bertz CT molecular complexity index is 500. The number of rotatable bonds is 10. The molecule has 21 heavy (non-hydrogen) atoms. The van der Waals surface area contributed by atoms with Crippen molar-refractivity contribution in [1.29, 1.82) is 0 Å². The quantitative estimate of drug-likeness (QED) is 0.648. The Kier molecular flexibility index (Phi) is 7.60. The van der Waals surface area contributed by atoms with Crippen LogP contribution in [0.1, 0.15) is 46.5 Å². The van der Waals surface area contributed by atoms with Crippen molar-refractivity contribution in [1.82, 2.24) is 14.7 Å². The average molecular weight is 314 g/mol. The zero-order valence-electron chi connectivity index (χ0n) is 13.1. The van der Waals surface area contributed by atoms with E-state index >= 15 is 0 Å².